The maximum absolute atomic E-state index is 12.9. The summed E-state index contributed by atoms with van der Waals surface area (Å²) in [7, 11) is -2.26. The Morgan fingerprint density at radius 2 is 1.68 bits per heavy atom. The topological polar surface area (TPSA) is 102 Å². The number of nitrogens with one attached hydrogen (secondary N) is 1. The lowest BCUT2D eigenvalue weighted by Gasteiger charge is -2.10. The van der Waals surface area contributed by atoms with E-state index >= 15 is 0 Å². The second kappa shape index (κ2) is 10.9. The van der Waals surface area contributed by atoms with Gasteiger partial charge >= 0.3 is 5.97 Å². The van der Waals surface area contributed by atoms with Crippen LogP contribution in [0, 0.1) is 6.92 Å². The van der Waals surface area contributed by atoms with Crippen LogP contribution in [0.15, 0.2) is 90.0 Å². The number of methoxy groups -OCH3 is 1. The first-order chi connectivity index (χ1) is 17.7. The van der Waals surface area contributed by atoms with Crippen LogP contribution in [0.25, 0.3) is 11.1 Å². The number of benzene rings is 3. The van der Waals surface area contributed by atoms with Crippen molar-refractivity contribution in [1.29, 1.82) is 0 Å². The van der Waals surface area contributed by atoms with Crippen molar-refractivity contribution in [2.45, 2.75) is 17.6 Å². The first-order valence-corrected chi connectivity index (χ1v) is 13.2. The molecule has 9 heteroatoms. The van der Waals surface area contributed by atoms with E-state index < -0.39 is 15.8 Å². The van der Waals surface area contributed by atoms with E-state index in [0.717, 1.165) is 0 Å². The number of aryl methyl sites for hydroxylation is 1. The number of carbonyl (C=O) groups excluding carboxylic acids is 2. The number of nitrogens with zero attached hydrogens (tertiary/aromatic N) is 1. The van der Waals surface area contributed by atoms with Gasteiger partial charge in [-0.05, 0) is 66.6 Å². The number of esters is 1. The van der Waals surface area contributed by atoms with Gasteiger partial charge in [0.05, 0.1) is 29.0 Å². The lowest BCUT2D eigenvalue weighted by atomic mass is 10.0. The molecule has 0 aliphatic carbocycles. The highest BCUT2D eigenvalue weighted by atomic mass is 35.5. The Kier molecular flexibility index (Phi) is 7.71. The SMILES string of the molecule is COC(=O)c1cc(-c2cccc(C(=O)Nc3ccc(CS(=O)(=O)c4cccc(Cl)c4)cc3)c2)cnc1C. The molecule has 188 valence electrons. The molecule has 0 radical (unpaired) electrons. The molecule has 0 bridgehead atoms. The predicted molar refractivity (Wildman–Crippen MR) is 142 cm³/mol. The highest BCUT2D eigenvalue weighted by Crippen LogP contribution is 2.24. The maximum atomic E-state index is 12.9. The molecule has 1 aromatic heterocycles. The van der Waals surface area contributed by atoms with Gasteiger partial charge in [0.2, 0.25) is 0 Å². The molecule has 0 spiro atoms. The fraction of sp³-hybridized carbons (Fsp3) is 0.107. The number of sulfone groups is 1. The summed E-state index contributed by atoms with van der Waals surface area (Å²) in [5.74, 6) is -1.01. The number of ether oxygens (including phenoxy) is 1. The number of hydrogen-bond donors (Lipinski definition) is 1. The fourth-order valence-corrected chi connectivity index (χ4v) is 5.34. The average Bonchev–Trinajstić information content (AvgIpc) is 2.89. The molecule has 0 fully saturated rings. The van der Waals surface area contributed by atoms with Crippen LogP contribution < -0.4 is 5.32 Å². The van der Waals surface area contributed by atoms with Crippen LogP contribution in [0.2, 0.25) is 5.02 Å². The summed E-state index contributed by atoms with van der Waals surface area (Å²) in [6.45, 7) is 1.72. The van der Waals surface area contributed by atoms with Crippen LogP contribution in [-0.4, -0.2) is 32.4 Å². The van der Waals surface area contributed by atoms with Crippen molar-refractivity contribution < 1.29 is 22.7 Å². The van der Waals surface area contributed by atoms with E-state index in [-0.39, 0.29) is 16.6 Å². The van der Waals surface area contributed by atoms with Crippen molar-refractivity contribution in [1.82, 2.24) is 4.98 Å². The summed E-state index contributed by atoms with van der Waals surface area (Å²) in [4.78, 5) is 29.3. The minimum absolute atomic E-state index is 0.153. The zero-order chi connectivity index (χ0) is 26.6. The van der Waals surface area contributed by atoms with Gasteiger partial charge in [-0.3, -0.25) is 9.78 Å². The van der Waals surface area contributed by atoms with E-state index in [4.69, 9.17) is 16.3 Å². The number of halogens is 1. The van der Waals surface area contributed by atoms with Crippen molar-refractivity contribution in [3.8, 4) is 11.1 Å². The Balaban J connectivity index is 1.48. The van der Waals surface area contributed by atoms with E-state index in [9.17, 15) is 18.0 Å². The van der Waals surface area contributed by atoms with E-state index in [1.807, 2.05) is 6.07 Å². The number of amides is 1. The van der Waals surface area contributed by atoms with Gasteiger partial charge in [-0.15, -0.1) is 0 Å². The molecule has 7 nitrogen and oxygen atoms in total. The predicted octanol–water partition coefficient (Wildman–Crippen LogP) is 5.72. The van der Waals surface area contributed by atoms with Gasteiger partial charge in [-0.2, -0.15) is 0 Å². The highest BCUT2D eigenvalue weighted by Gasteiger charge is 2.16. The number of aromatic nitrogens is 1. The van der Waals surface area contributed by atoms with Gasteiger partial charge in [0.1, 0.15) is 0 Å². The minimum Gasteiger partial charge on any atom is -0.465 e. The van der Waals surface area contributed by atoms with E-state index in [0.29, 0.717) is 44.2 Å². The molecule has 0 saturated carbocycles. The van der Waals surface area contributed by atoms with Crippen molar-refractivity contribution in [2.24, 2.45) is 0 Å². The van der Waals surface area contributed by atoms with Crippen LogP contribution in [0.1, 0.15) is 32.0 Å². The summed E-state index contributed by atoms with van der Waals surface area (Å²) in [6.07, 6.45) is 1.63. The lowest BCUT2D eigenvalue weighted by molar-refractivity contribution is 0.0599. The molecule has 0 aliphatic heterocycles. The number of rotatable bonds is 7. The molecular weight excluding hydrogens is 512 g/mol. The first-order valence-electron chi connectivity index (χ1n) is 11.2. The molecular formula is C28H23ClN2O5S. The van der Waals surface area contributed by atoms with Gasteiger partial charge in [0.15, 0.2) is 9.84 Å². The minimum atomic E-state index is -3.56. The third-order valence-electron chi connectivity index (χ3n) is 5.67. The molecule has 37 heavy (non-hydrogen) atoms. The summed E-state index contributed by atoms with van der Waals surface area (Å²) >= 11 is 5.92. The monoisotopic (exact) mass is 534 g/mol. The second-order valence-corrected chi connectivity index (χ2v) is 10.7. The average molecular weight is 535 g/mol. The van der Waals surface area contributed by atoms with E-state index in [1.165, 1.54) is 19.2 Å². The van der Waals surface area contributed by atoms with Crippen LogP contribution in [-0.2, 0) is 20.3 Å². The van der Waals surface area contributed by atoms with Gasteiger partial charge in [-0.1, -0.05) is 41.9 Å². The van der Waals surface area contributed by atoms with E-state index in [1.54, 1.807) is 73.8 Å². The number of hydrogen-bond acceptors (Lipinski definition) is 6. The Morgan fingerprint density at radius 3 is 2.38 bits per heavy atom. The molecule has 0 atom stereocenters. The van der Waals surface area contributed by atoms with Gasteiger partial charge in [-0.25, -0.2) is 13.2 Å². The van der Waals surface area contributed by atoms with Crippen LogP contribution in [0.5, 0.6) is 0 Å². The Bertz CT molecular complexity index is 1580. The molecule has 1 heterocycles. The molecule has 0 unspecified atom stereocenters. The number of carbonyl (C=O) groups is 2. The standard InChI is InChI=1S/C28H23ClN2O5S/c1-18-26(28(33)36-2)14-22(16-30-18)20-5-3-6-21(13-20)27(32)31-24-11-9-19(10-12-24)17-37(34,35)25-8-4-7-23(29)15-25/h3-16H,17H2,1-2H3,(H,31,32). The Hall–Kier alpha value is -4.01. The molecule has 0 saturated heterocycles. The van der Waals surface area contributed by atoms with Crippen molar-refractivity contribution >= 4 is 39.0 Å². The number of pyridine rings is 1. The van der Waals surface area contributed by atoms with Gasteiger partial charge in [0.25, 0.3) is 5.91 Å². The summed E-state index contributed by atoms with van der Waals surface area (Å²) in [5.41, 5.74) is 3.79. The Labute approximate surface area is 220 Å². The third kappa shape index (κ3) is 6.22. The number of anilines is 1. The van der Waals surface area contributed by atoms with Crippen LogP contribution >= 0.6 is 11.6 Å². The summed E-state index contributed by atoms with van der Waals surface area (Å²) < 4.78 is 30.2. The Morgan fingerprint density at radius 1 is 0.946 bits per heavy atom. The highest BCUT2D eigenvalue weighted by molar-refractivity contribution is 7.90. The lowest BCUT2D eigenvalue weighted by Crippen LogP contribution is -2.12. The molecule has 0 aliphatic rings. The van der Waals surface area contributed by atoms with Gasteiger partial charge in [0, 0.05) is 28.0 Å². The molecule has 3 aromatic carbocycles. The third-order valence-corrected chi connectivity index (χ3v) is 7.59. The first kappa shape index (κ1) is 26.1. The van der Waals surface area contributed by atoms with E-state index in [2.05, 4.69) is 10.3 Å². The second-order valence-electron chi connectivity index (χ2n) is 8.30. The van der Waals surface area contributed by atoms with Crippen molar-refractivity contribution in [3.63, 3.8) is 0 Å². The largest absolute Gasteiger partial charge is 0.465 e. The quantitative estimate of drug-likeness (QED) is 0.304. The summed E-state index contributed by atoms with van der Waals surface area (Å²) in [6, 6.07) is 21.4. The molecule has 1 N–H and O–H groups in total. The van der Waals surface area contributed by atoms with Gasteiger partial charge < -0.3 is 10.1 Å². The van der Waals surface area contributed by atoms with Crippen molar-refractivity contribution in [3.05, 3.63) is 112 Å². The fourth-order valence-electron chi connectivity index (χ4n) is 3.70. The molecule has 4 rings (SSSR count). The van der Waals surface area contributed by atoms with Crippen LogP contribution in [0.4, 0.5) is 5.69 Å². The molecule has 1 amide bonds. The van der Waals surface area contributed by atoms with Crippen LogP contribution in [0.3, 0.4) is 0 Å². The summed E-state index contributed by atoms with van der Waals surface area (Å²) in [5, 5.41) is 3.17. The smallest absolute Gasteiger partial charge is 0.339 e. The normalized spacial score (nSPS) is 11.1. The zero-order valence-corrected chi connectivity index (χ0v) is 21.6. The zero-order valence-electron chi connectivity index (χ0n) is 20.1. The molecule has 4 aromatic rings. The van der Waals surface area contributed by atoms with Crippen molar-refractivity contribution in [2.75, 3.05) is 12.4 Å². The maximum Gasteiger partial charge on any atom is 0.339 e.